The van der Waals surface area contributed by atoms with Gasteiger partial charge in [-0.1, -0.05) is 37.3 Å². The predicted octanol–water partition coefficient (Wildman–Crippen LogP) is 1.92. The first-order valence-corrected chi connectivity index (χ1v) is 6.25. The number of nitrogens with one attached hydrogen (secondary N) is 1. The molecule has 3 nitrogen and oxygen atoms in total. The molecule has 0 spiro atoms. The quantitative estimate of drug-likeness (QED) is 0.746. The molecule has 1 atom stereocenters. The lowest BCUT2D eigenvalue weighted by atomic mass is 10.1. The van der Waals surface area contributed by atoms with Crippen molar-refractivity contribution in [2.75, 3.05) is 40.4 Å². The molecule has 3 heteroatoms. The SMILES string of the molecule is CCN(CCOC)C[C@@H](NC)c1ccccc1. The molecule has 17 heavy (non-hydrogen) atoms. The van der Waals surface area contributed by atoms with Crippen molar-refractivity contribution in [3.63, 3.8) is 0 Å². The third kappa shape index (κ3) is 4.86. The van der Waals surface area contributed by atoms with Crippen LogP contribution in [-0.4, -0.2) is 45.3 Å². The molecule has 0 bridgehead atoms. The Labute approximate surface area is 105 Å². The highest BCUT2D eigenvalue weighted by Gasteiger charge is 2.12. The summed E-state index contributed by atoms with van der Waals surface area (Å²) in [5.74, 6) is 0. The van der Waals surface area contributed by atoms with Crippen LogP contribution in [0.2, 0.25) is 0 Å². The number of likely N-dealkylation sites (N-methyl/N-ethyl adjacent to an activating group) is 2. The van der Waals surface area contributed by atoms with Crippen LogP contribution in [0.4, 0.5) is 0 Å². The monoisotopic (exact) mass is 236 g/mol. The summed E-state index contributed by atoms with van der Waals surface area (Å²) in [7, 11) is 3.77. The summed E-state index contributed by atoms with van der Waals surface area (Å²) in [6.45, 7) is 6.03. The van der Waals surface area contributed by atoms with E-state index in [0.29, 0.717) is 6.04 Å². The van der Waals surface area contributed by atoms with E-state index in [2.05, 4.69) is 47.5 Å². The fourth-order valence-corrected chi connectivity index (χ4v) is 1.91. The molecule has 1 N–H and O–H groups in total. The summed E-state index contributed by atoms with van der Waals surface area (Å²) in [5.41, 5.74) is 1.34. The van der Waals surface area contributed by atoms with Crippen LogP contribution in [-0.2, 0) is 4.74 Å². The first kappa shape index (κ1) is 14.2. The Bertz CT molecular complexity index is 290. The maximum Gasteiger partial charge on any atom is 0.0589 e. The molecular formula is C14H24N2O. The lowest BCUT2D eigenvalue weighted by Gasteiger charge is -2.26. The Hall–Kier alpha value is -0.900. The van der Waals surface area contributed by atoms with Crippen LogP contribution in [0.25, 0.3) is 0 Å². The average molecular weight is 236 g/mol. The van der Waals surface area contributed by atoms with Crippen molar-refractivity contribution >= 4 is 0 Å². The van der Waals surface area contributed by atoms with Crippen molar-refractivity contribution in [2.45, 2.75) is 13.0 Å². The zero-order chi connectivity index (χ0) is 12.5. The number of hydrogen-bond acceptors (Lipinski definition) is 3. The Morgan fingerprint density at radius 1 is 1.29 bits per heavy atom. The van der Waals surface area contributed by atoms with Crippen LogP contribution in [0.1, 0.15) is 18.5 Å². The fraction of sp³-hybridized carbons (Fsp3) is 0.571. The first-order valence-electron chi connectivity index (χ1n) is 6.25. The minimum absolute atomic E-state index is 0.382. The Balaban J connectivity index is 2.56. The zero-order valence-corrected chi connectivity index (χ0v) is 11.1. The molecule has 0 unspecified atom stereocenters. The second kappa shape index (κ2) is 8.23. The summed E-state index contributed by atoms with van der Waals surface area (Å²) in [6.07, 6.45) is 0. The first-order chi connectivity index (χ1) is 8.31. The molecule has 0 heterocycles. The highest BCUT2D eigenvalue weighted by molar-refractivity contribution is 5.19. The highest BCUT2D eigenvalue weighted by Crippen LogP contribution is 2.13. The Kier molecular flexibility index (Phi) is 6.86. The van der Waals surface area contributed by atoms with Crippen LogP contribution in [0.5, 0.6) is 0 Å². The topological polar surface area (TPSA) is 24.5 Å². The van der Waals surface area contributed by atoms with Gasteiger partial charge in [-0.15, -0.1) is 0 Å². The molecular weight excluding hydrogens is 212 g/mol. The Morgan fingerprint density at radius 3 is 2.53 bits per heavy atom. The van der Waals surface area contributed by atoms with E-state index in [1.807, 2.05) is 7.05 Å². The lowest BCUT2D eigenvalue weighted by molar-refractivity contribution is 0.144. The van der Waals surface area contributed by atoms with Gasteiger partial charge in [-0.2, -0.15) is 0 Å². The largest absolute Gasteiger partial charge is 0.383 e. The summed E-state index contributed by atoms with van der Waals surface area (Å²) < 4.78 is 5.13. The molecule has 0 aliphatic heterocycles. The molecule has 1 rings (SSSR count). The van der Waals surface area contributed by atoms with Crippen molar-refractivity contribution in [2.24, 2.45) is 0 Å². The molecule has 0 radical (unpaired) electrons. The number of hydrogen-bond donors (Lipinski definition) is 1. The number of rotatable bonds is 8. The van der Waals surface area contributed by atoms with Gasteiger partial charge in [0.05, 0.1) is 6.61 Å². The third-order valence-electron chi connectivity index (χ3n) is 3.05. The van der Waals surface area contributed by atoms with Crippen LogP contribution in [0, 0.1) is 0 Å². The van der Waals surface area contributed by atoms with Gasteiger partial charge in [-0.3, -0.25) is 4.90 Å². The van der Waals surface area contributed by atoms with Gasteiger partial charge in [0.25, 0.3) is 0 Å². The van der Waals surface area contributed by atoms with E-state index >= 15 is 0 Å². The van der Waals surface area contributed by atoms with Crippen LogP contribution >= 0.6 is 0 Å². The molecule has 1 aromatic rings. The zero-order valence-electron chi connectivity index (χ0n) is 11.1. The van der Waals surface area contributed by atoms with Gasteiger partial charge in [0.2, 0.25) is 0 Å². The molecule has 0 saturated carbocycles. The number of ether oxygens (including phenoxy) is 1. The number of benzene rings is 1. The van der Waals surface area contributed by atoms with E-state index in [4.69, 9.17) is 4.74 Å². The van der Waals surface area contributed by atoms with Crippen molar-refractivity contribution in [1.29, 1.82) is 0 Å². The third-order valence-corrected chi connectivity index (χ3v) is 3.05. The minimum atomic E-state index is 0.382. The molecule has 0 aliphatic carbocycles. The Morgan fingerprint density at radius 2 is 2.00 bits per heavy atom. The number of nitrogens with zero attached hydrogens (tertiary/aromatic N) is 1. The van der Waals surface area contributed by atoms with Gasteiger partial charge < -0.3 is 10.1 Å². The van der Waals surface area contributed by atoms with E-state index in [9.17, 15) is 0 Å². The van der Waals surface area contributed by atoms with Gasteiger partial charge >= 0.3 is 0 Å². The second-order valence-electron chi connectivity index (χ2n) is 4.14. The maximum atomic E-state index is 5.13. The van der Waals surface area contributed by atoms with E-state index in [1.54, 1.807) is 7.11 Å². The second-order valence-corrected chi connectivity index (χ2v) is 4.14. The van der Waals surface area contributed by atoms with Crippen molar-refractivity contribution in [1.82, 2.24) is 10.2 Å². The molecule has 1 aromatic carbocycles. The number of methoxy groups -OCH3 is 1. The summed E-state index contributed by atoms with van der Waals surface area (Å²) in [5, 5.41) is 3.38. The summed E-state index contributed by atoms with van der Waals surface area (Å²) >= 11 is 0. The van der Waals surface area contributed by atoms with Gasteiger partial charge in [0.1, 0.15) is 0 Å². The van der Waals surface area contributed by atoms with E-state index in [1.165, 1.54) is 5.56 Å². The van der Waals surface area contributed by atoms with E-state index < -0.39 is 0 Å². The van der Waals surface area contributed by atoms with Crippen molar-refractivity contribution < 1.29 is 4.74 Å². The normalized spacial score (nSPS) is 12.9. The lowest BCUT2D eigenvalue weighted by Crippen LogP contribution is -2.35. The van der Waals surface area contributed by atoms with Gasteiger partial charge in [-0.25, -0.2) is 0 Å². The molecule has 96 valence electrons. The van der Waals surface area contributed by atoms with Crippen LogP contribution < -0.4 is 5.32 Å². The van der Waals surface area contributed by atoms with Gasteiger partial charge in [0.15, 0.2) is 0 Å². The van der Waals surface area contributed by atoms with Crippen LogP contribution in [0.3, 0.4) is 0 Å². The van der Waals surface area contributed by atoms with Crippen molar-refractivity contribution in [3.8, 4) is 0 Å². The fourth-order valence-electron chi connectivity index (χ4n) is 1.91. The molecule has 0 aromatic heterocycles. The maximum absolute atomic E-state index is 5.13. The predicted molar refractivity (Wildman–Crippen MR) is 72.2 cm³/mol. The molecule has 0 fully saturated rings. The van der Waals surface area contributed by atoms with E-state index in [-0.39, 0.29) is 0 Å². The molecule has 0 amide bonds. The smallest absolute Gasteiger partial charge is 0.0589 e. The van der Waals surface area contributed by atoms with E-state index in [0.717, 1.165) is 26.2 Å². The minimum Gasteiger partial charge on any atom is -0.383 e. The summed E-state index contributed by atoms with van der Waals surface area (Å²) in [6, 6.07) is 11.0. The van der Waals surface area contributed by atoms with Crippen LogP contribution in [0.15, 0.2) is 30.3 Å². The highest BCUT2D eigenvalue weighted by atomic mass is 16.5. The molecule has 0 saturated heterocycles. The van der Waals surface area contributed by atoms with Gasteiger partial charge in [-0.05, 0) is 19.2 Å². The standard InChI is InChI=1S/C14H24N2O/c1-4-16(10-11-17-3)12-14(15-2)13-8-6-5-7-9-13/h5-9,14-15H,4,10-12H2,1-3H3/t14-/m1/s1. The average Bonchev–Trinajstić information content (AvgIpc) is 2.40. The van der Waals surface area contributed by atoms with Gasteiger partial charge in [0, 0.05) is 26.2 Å². The molecule has 0 aliphatic rings. The van der Waals surface area contributed by atoms with Crippen molar-refractivity contribution in [3.05, 3.63) is 35.9 Å². The summed E-state index contributed by atoms with van der Waals surface area (Å²) in [4.78, 5) is 2.40.